The van der Waals surface area contributed by atoms with E-state index in [-0.39, 0.29) is 24.1 Å². The molecule has 4 nitrogen and oxygen atoms in total. The van der Waals surface area contributed by atoms with Gasteiger partial charge in [-0.15, -0.1) is 11.8 Å². The van der Waals surface area contributed by atoms with Crippen molar-refractivity contribution in [2.24, 2.45) is 0 Å². The molecule has 0 bridgehead atoms. The molecule has 0 aliphatic carbocycles. The maximum Gasteiger partial charge on any atom is 0.242 e. The van der Waals surface area contributed by atoms with Crippen molar-refractivity contribution >= 4 is 58.4 Å². The smallest absolute Gasteiger partial charge is 0.242 e. The molecule has 0 saturated heterocycles. The Balaban J connectivity index is 1.86. The highest BCUT2D eigenvalue weighted by Gasteiger charge is 2.30. The van der Waals surface area contributed by atoms with E-state index in [0.717, 1.165) is 11.1 Å². The SMILES string of the molecule is CNC(=O)[C@@H](Cc1ccccc1)N(Cc1c(Cl)cccc1Cl)C(=O)CSCc1cccc(Cl)c1. The summed E-state index contributed by atoms with van der Waals surface area (Å²) < 4.78 is 0. The summed E-state index contributed by atoms with van der Waals surface area (Å²) in [4.78, 5) is 28.0. The van der Waals surface area contributed by atoms with Crippen LogP contribution in [-0.4, -0.2) is 35.6 Å². The normalized spacial score (nSPS) is 11.6. The fourth-order valence-electron chi connectivity index (χ4n) is 3.54. The molecule has 1 N–H and O–H groups in total. The second kappa shape index (κ2) is 13.1. The quantitative estimate of drug-likeness (QED) is 0.333. The van der Waals surface area contributed by atoms with E-state index in [2.05, 4.69) is 5.32 Å². The lowest BCUT2D eigenvalue weighted by molar-refractivity contribution is -0.139. The average molecular weight is 536 g/mol. The maximum atomic E-state index is 13.5. The van der Waals surface area contributed by atoms with E-state index in [4.69, 9.17) is 34.8 Å². The summed E-state index contributed by atoms with van der Waals surface area (Å²) >= 11 is 20.4. The van der Waals surface area contributed by atoms with Gasteiger partial charge in [-0.25, -0.2) is 0 Å². The fourth-order valence-corrected chi connectivity index (χ4v) is 5.13. The predicted octanol–water partition coefficient (Wildman–Crippen LogP) is 6.27. The van der Waals surface area contributed by atoms with Gasteiger partial charge in [-0.05, 0) is 35.4 Å². The zero-order chi connectivity index (χ0) is 24.5. The summed E-state index contributed by atoms with van der Waals surface area (Å²) in [6, 6.07) is 21.6. The molecule has 0 aliphatic heterocycles. The molecule has 3 aromatic carbocycles. The van der Waals surface area contributed by atoms with Crippen molar-refractivity contribution in [2.45, 2.75) is 24.8 Å². The van der Waals surface area contributed by atoms with E-state index in [1.165, 1.54) is 11.8 Å². The highest BCUT2D eigenvalue weighted by atomic mass is 35.5. The Labute approximate surface area is 219 Å². The lowest BCUT2D eigenvalue weighted by Crippen LogP contribution is -2.50. The summed E-state index contributed by atoms with van der Waals surface area (Å²) in [5.74, 6) is 0.389. The van der Waals surface area contributed by atoms with Crippen LogP contribution in [0.4, 0.5) is 0 Å². The third-order valence-corrected chi connectivity index (χ3v) is 7.22. The number of likely N-dealkylation sites (N-methyl/N-ethyl adjacent to an activating group) is 1. The van der Waals surface area contributed by atoms with E-state index in [9.17, 15) is 9.59 Å². The number of halogens is 3. The Bertz CT molecular complexity index is 1110. The number of hydrogen-bond donors (Lipinski definition) is 1. The minimum absolute atomic E-state index is 0.125. The van der Waals surface area contributed by atoms with E-state index >= 15 is 0 Å². The second-order valence-electron chi connectivity index (χ2n) is 7.66. The highest BCUT2D eigenvalue weighted by Crippen LogP contribution is 2.28. The van der Waals surface area contributed by atoms with Crippen LogP contribution < -0.4 is 5.32 Å². The molecule has 34 heavy (non-hydrogen) atoms. The Morgan fingerprint density at radius 3 is 2.21 bits per heavy atom. The number of carbonyl (C=O) groups is 2. The Kier molecular flexibility index (Phi) is 10.1. The first-order valence-electron chi connectivity index (χ1n) is 10.7. The first-order valence-corrected chi connectivity index (χ1v) is 13.0. The summed E-state index contributed by atoms with van der Waals surface area (Å²) in [5.41, 5.74) is 2.59. The second-order valence-corrected chi connectivity index (χ2v) is 9.90. The number of benzene rings is 3. The molecule has 0 spiro atoms. The fraction of sp³-hybridized carbons (Fsp3) is 0.231. The average Bonchev–Trinajstić information content (AvgIpc) is 2.83. The summed E-state index contributed by atoms with van der Waals surface area (Å²) in [6.07, 6.45) is 0.368. The van der Waals surface area contributed by atoms with Gasteiger partial charge in [0, 0.05) is 46.4 Å². The molecule has 0 aromatic heterocycles. The number of amides is 2. The zero-order valence-electron chi connectivity index (χ0n) is 18.6. The number of hydrogen-bond acceptors (Lipinski definition) is 3. The van der Waals surface area contributed by atoms with Gasteiger partial charge >= 0.3 is 0 Å². The summed E-state index contributed by atoms with van der Waals surface area (Å²) in [6.45, 7) is 0.125. The molecule has 3 rings (SSSR count). The molecular formula is C26H25Cl3N2O2S. The van der Waals surface area contributed by atoms with Crippen molar-refractivity contribution < 1.29 is 9.59 Å². The van der Waals surface area contributed by atoms with Crippen LogP contribution in [0, 0.1) is 0 Å². The van der Waals surface area contributed by atoms with E-state index in [1.807, 2.05) is 54.6 Å². The summed E-state index contributed by atoms with van der Waals surface area (Å²) in [5, 5.41) is 4.26. The van der Waals surface area contributed by atoms with Gasteiger partial charge in [0.25, 0.3) is 0 Å². The number of rotatable bonds is 10. The zero-order valence-corrected chi connectivity index (χ0v) is 21.7. The van der Waals surface area contributed by atoms with Gasteiger partial charge in [0.05, 0.1) is 5.75 Å². The Hall–Kier alpha value is -2.18. The van der Waals surface area contributed by atoms with Gasteiger partial charge in [-0.1, -0.05) is 83.3 Å². The highest BCUT2D eigenvalue weighted by molar-refractivity contribution is 7.99. The molecule has 8 heteroatoms. The molecule has 0 heterocycles. The molecule has 3 aromatic rings. The standard InChI is InChI=1S/C26H25Cl3N2O2S/c1-30-26(33)24(14-18-7-3-2-4-8-18)31(15-21-22(28)11-6-12-23(21)29)25(32)17-34-16-19-9-5-10-20(27)13-19/h2-13,24H,14-17H2,1H3,(H,30,33)/t24-/m1/s1. The van der Waals surface area contributed by atoms with Gasteiger partial charge in [0.15, 0.2) is 0 Å². The van der Waals surface area contributed by atoms with Gasteiger partial charge < -0.3 is 10.2 Å². The van der Waals surface area contributed by atoms with Crippen molar-refractivity contribution in [1.82, 2.24) is 10.2 Å². The van der Waals surface area contributed by atoms with Gasteiger partial charge in [-0.3, -0.25) is 9.59 Å². The molecule has 0 fully saturated rings. The number of thioether (sulfide) groups is 1. The van der Waals surface area contributed by atoms with E-state index in [0.29, 0.717) is 32.8 Å². The monoisotopic (exact) mass is 534 g/mol. The molecule has 178 valence electrons. The topological polar surface area (TPSA) is 49.4 Å². The van der Waals surface area contributed by atoms with Gasteiger partial charge in [0.2, 0.25) is 11.8 Å². The van der Waals surface area contributed by atoms with Crippen molar-refractivity contribution in [1.29, 1.82) is 0 Å². The van der Waals surface area contributed by atoms with Crippen LogP contribution in [0.25, 0.3) is 0 Å². The van der Waals surface area contributed by atoms with Crippen LogP contribution >= 0.6 is 46.6 Å². The van der Waals surface area contributed by atoms with Gasteiger partial charge in [-0.2, -0.15) is 0 Å². The molecule has 0 saturated carbocycles. The molecular weight excluding hydrogens is 511 g/mol. The lowest BCUT2D eigenvalue weighted by Gasteiger charge is -2.31. The van der Waals surface area contributed by atoms with Crippen LogP contribution in [0.1, 0.15) is 16.7 Å². The van der Waals surface area contributed by atoms with Crippen LogP contribution in [0.2, 0.25) is 15.1 Å². The molecule has 0 unspecified atom stereocenters. The van der Waals surface area contributed by atoms with Gasteiger partial charge in [0.1, 0.15) is 6.04 Å². The molecule has 0 aliphatic rings. The third-order valence-electron chi connectivity index (χ3n) is 5.29. The largest absolute Gasteiger partial charge is 0.357 e. The van der Waals surface area contributed by atoms with Crippen molar-refractivity contribution in [2.75, 3.05) is 12.8 Å². The van der Waals surface area contributed by atoms with Crippen LogP contribution in [0.15, 0.2) is 72.8 Å². The number of nitrogens with one attached hydrogen (secondary N) is 1. The first-order chi connectivity index (χ1) is 16.4. The number of carbonyl (C=O) groups excluding carboxylic acids is 2. The molecule has 0 radical (unpaired) electrons. The Morgan fingerprint density at radius 2 is 1.56 bits per heavy atom. The van der Waals surface area contributed by atoms with Crippen molar-refractivity contribution in [3.05, 3.63) is 105 Å². The molecule has 1 atom stereocenters. The number of nitrogens with zero attached hydrogens (tertiary/aromatic N) is 1. The van der Waals surface area contributed by atoms with Crippen LogP contribution in [0.3, 0.4) is 0 Å². The van der Waals surface area contributed by atoms with E-state index < -0.39 is 6.04 Å². The summed E-state index contributed by atoms with van der Waals surface area (Å²) in [7, 11) is 1.57. The predicted molar refractivity (Wildman–Crippen MR) is 143 cm³/mol. The van der Waals surface area contributed by atoms with Crippen LogP contribution in [0.5, 0.6) is 0 Å². The minimum atomic E-state index is -0.723. The van der Waals surface area contributed by atoms with Crippen molar-refractivity contribution in [3.63, 3.8) is 0 Å². The van der Waals surface area contributed by atoms with Crippen molar-refractivity contribution in [3.8, 4) is 0 Å². The minimum Gasteiger partial charge on any atom is -0.357 e. The third kappa shape index (κ3) is 7.41. The Morgan fingerprint density at radius 1 is 0.912 bits per heavy atom. The first kappa shape index (κ1) is 26.4. The maximum absolute atomic E-state index is 13.5. The van der Waals surface area contributed by atoms with Crippen LogP contribution in [-0.2, 0) is 28.3 Å². The van der Waals surface area contributed by atoms with E-state index in [1.54, 1.807) is 30.1 Å². The molecule has 2 amide bonds. The lowest BCUT2D eigenvalue weighted by atomic mass is 10.0.